The molecule has 98 valence electrons. The van der Waals surface area contributed by atoms with Crippen molar-refractivity contribution >= 4 is 28.4 Å². The van der Waals surface area contributed by atoms with E-state index in [-0.39, 0.29) is 11.7 Å². The van der Waals surface area contributed by atoms with Crippen LogP contribution in [-0.4, -0.2) is 5.84 Å². The molecule has 2 aromatic carbocycles. The average molecular weight is 370 g/mol. The van der Waals surface area contributed by atoms with Gasteiger partial charge in [-0.25, -0.2) is 4.39 Å². The lowest BCUT2D eigenvalue weighted by Crippen LogP contribution is -2.14. The van der Waals surface area contributed by atoms with Gasteiger partial charge in [-0.15, -0.1) is 0 Å². The molecule has 0 aromatic heterocycles. The Balaban J connectivity index is 2.08. The van der Waals surface area contributed by atoms with Crippen LogP contribution in [-0.2, 0) is 4.84 Å². The number of halogens is 2. The number of hydrogen-bond donors (Lipinski definition) is 1. The molecular weight excluding hydrogens is 358 g/mol. The van der Waals surface area contributed by atoms with Crippen LogP contribution in [0.25, 0.3) is 0 Å². The quantitative estimate of drug-likeness (QED) is 0.294. The molecule has 0 heterocycles. The third-order valence-electron chi connectivity index (χ3n) is 2.46. The largest absolute Gasteiger partial charge is 0.380 e. The SMILES string of the molecule is N/C(=N\OC(I)c1ccccc1F)c1ccccc1. The number of amidine groups is 1. The van der Waals surface area contributed by atoms with Crippen molar-refractivity contribution < 1.29 is 9.23 Å². The van der Waals surface area contributed by atoms with Gasteiger partial charge in [-0.2, -0.15) is 0 Å². The summed E-state index contributed by atoms with van der Waals surface area (Å²) in [5, 5.41) is 3.83. The number of alkyl halides is 1. The van der Waals surface area contributed by atoms with E-state index in [1.54, 1.807) is 18.2 Å². The minimum absolute atomic E-state index is 0.263. The van der Waals surface area contributed by atoms with Gasteiger partial charge in [0.05, 0.1) is 0 Å². The zero-order chi connectivity index (χ0) is 13.7. The van der Waals surface area contributed by atoms with Crippen molar-refractivity contribution in [2.24, 2.45) is 10.9 Å². The molecule has 2 rings (SSSR count). The third-order valence-corrected chi connectivity index (χ3v) is 3.36. The number of nitrogens with two attached hydrogens (primary N) is 1. The van der Waals surface area contributed by atoms with Crippen molar-refractivity contribution in [1.29, 1.82) is 0 Å². The molecule has 0 saturated carbocycles. The number of hydrogen-bond acceptors (Lipinski definition) is 2. The molecule has 2 aromatic rings. The summed E-state index contributed by atoms with van der Waals surface area (Å²) < 4.78 is 13.0. The first-order valence-corrected chi connectivity index (χ1v) is 6.86. The molecule has 0 aliphatic heterocycles. The maximum atomic E-state index is 13.5. The van der Waals surface area contributed by atoms with Gasteiger partial charge in [-0.05, 0) is 28.7 Å². The van der Waals surface area contributed by atoms with E-state index < -0.39 is 4.11 Å². The molecule has 0 saturated heterocycles. The summed E-state index contributed by atoms with van der Waals surface area (Å²) in [7, 11) is 0. The Kier molecular flexibility index (Phi) is 4.73. The van der Waals surface area contributed by atoms with Gasteiger partial charge >= 0.3 is 0 Å². The minimum Gasteiger partial charge on any atom is -0.380 e. The fourth-order valence-corrected chi connectivity index (χ4v) is 2.10. The van der Waals surface area contributed by atoms with Crippen LogP contribution in [0.1, 0.15) is 15.2 Å². The molecular formula is C14H12FIN2O. The van der Waals surface area contributed by atoms with Crippen molar-refractivity contribution in [1.82, 2.24) is 0 Å². The van der Waals surface area contributed by atoms with E-state index in [1.807, 2.05) is 52.9 Å². The monoisotopic (exact) mass is 370 g/mol. The molecule has 0 bridgehead atoms. The van der Waals surface area contributed by atoms with Crippen molar-refractivity contribution in [3.63, 3.8) is 0 Å². The standard InChI is InChI=1S/C14H12FIN2O/c15-12-9-5-4-8-11(12)13(16)19-18-14(17)10-6-2-1-3-7-10/h1-9,13H,(H2,17,18). The van der Waals surface area contributed by atoms with Crippen LogP contribution < -0.4 is 5.73 Å². The summed E-state index contributed by atoms with van der Waals surface area (Å²) in [6.07, 6.45) is 0. The highest BCUT2D eigenvalue weighted by molar-refractivity contribution is 14.1. The molecule has 1 atom stereocenters. The Hall–Kier alpha value is -1.63. The maximum absolute atomic E-state index is 13.5. The number of rotatable bonds is 4. The fraction of sp³-hybridized carbons (Fsp3) is 0.0714. The number of oxime groups is 1. The topological polar surface area (TPSA) is 47.6 Å². The second kappa shape index (κ2) is 6.51. The normalized spacial score (nSPS) is 13.1. The lowest BCUT2D eigenvalue weighted by Gasteiger charge is -2.09. The Morgan fingerprint density at radius 2 is 1.74 bits per heavy atom. The molecule has 2 N–H and O–H groups in total. The summed E-state index contributed by atoms with van der Waals surface area (Å²) >= 11 is 1.96. The highest BCUT2D eigenvalue weighted by Crippen LogP contribution is 2.27. The van der Waals surface area contributed by atoms with E-state index in [1.165, 1.54) is 6.07 Å². The lowest BCUT2D eigenvalue weighted by atomic mass is 10.2. The second-order valence-electron chi connectivity index (χ2n) is 3.79. The minimum atomic E-state index is -0.527. The summed E-state index contributed by atoms with van der Waals surface area (Å²) in [6, 6.07) is 15.7. The molecule has 0 spiro atoms. The van der Waals surface area contributed by atoms with Crippen molar-refractivity contribution in [3.8, 4) is 0 Å². The lowest BCUT2D eigenvalue weighted by molar-refractivity contribution is 0.131. The number of nitrogens with zero attached hydrogens (tertiary/aromatic N) is 1. The van der Waals surface area contributed by atoms with Gasteiger partial charge in [0.1, 0.15) is 5.82 Å². The first kappa shape index (κ1) is 13.8. The maximum Gasteiger partial charge on any atom is 0.205 e. The van der Waals surface area contributed by atoms with E-state index >= 15 is 0 Å². The van der Waals surface area contributed by atoms with Gasteiger partial charge in [0.2, 0.25) is 4.11 Å². The Morgan fingerprint density at radius 3 is 2.42 bits per heavy atom. The molecule has 19 heavy (non-hydrogen) atoms. The van der Waals surface area contributed by atoms with E-state index in [4.69, 9.17) is 10.6 Å². The summed E-state index contributed by atoms with van der Waals surface area (Å²) in [5.74, 6) is -0.0611. The van der Waals surface area contributed by atoms with Crippen LogP contribution in [0.15, 0.2) is 59.8 Å². The third kappa shape index (κ3) is 3.66. The van der Waals surface area contributed by atoms with Crippen LogP contribution in [0.5, 0.6) is 0 Å². The molecule has 0 aliphatic carbocycles. The van der Waals surface area contributed by atoms with Crippen LogP contribution >= 0.6 is 22.6 Å². The fourth-order valence-electron chi connectivity index (χ4n) is 1.48. The van der Waals surface area contributed by atoms with Crippen molar-refractivity contribution in [3.05, 3.63) is 71.5 Å². The van der Waals surface area contributed by atoms with Gasteiger partial charge in [0.25, 0.3) is 0 Å². The van der Waals surface area contributed by atoms with E-state index in [0.717, 1.165) is 5.56 Å². The molecule has 0 amide bonds. The Bertz CT molecular complexity index is 575. The van der Waals surface area contributed by atoms with Crippen molar-refractivity contribution in [2.75, 3.05) is 0 Å². The molecule has 3 nitrogen and oxygen atoms in total. The van der Waals surface area contributed by atoms with Gasteiger partial charge in [0, 0.05) is 11.1 Å². The zero-order valence-electron chi connectivity index (χ0n) is 9.96. The molecule has 0 fully saturated rings. The van der Waals surface area contributed by atoms with E-state index in [0.29, 0.717) is 5.56 Å². The predicted octanol–water partition coefficient (Wildman–Crippen LogP) is 3.60. The van der Waals surface area contributed by atoms with Gasteiger partial charge in [-0.1, -0.05) is 53.7 Å². The molecule has 0 aliphatic rings. The Morgan fingerprint density at radius 1 is 1.11 bits per heavy atom. The van der Waals surface area contributed by atoms with E-state index in [9.17, 15) is 4.39 Å². The smallest absolute Gasteiger partial charge is 0.205 e. The van der Waals surface area contributed by atoms with Crippen LogP contribution in [0, 0.1) is 5.82 Å². The second-order valence-corrected chi connectivity index (χ2v) is 4.92. The van der Waals surface area contributed by atoms with Gasteiger partial charge in [0.15, 0.2) is 5.84 Å². The average Bonchev–Trinajstić information content (AvgIpc) is 2.46. The first-order chi connectivity index (χ1) is 9.18. The Labute approximate surface area is 124 Å². The van der Waals surface area contributed by atoms with E-state index in [2.05, 4.69) is 5.16 Å². The molecule has 1 unspecified atom stereocenters. The number of benzene rings is 2. The van der Waals surface area contributed by atoms with Gasteiger partial charge < -0.3 is 10.6 Å². The van der Waals surface area contributed by atoms with Crippen LogP contribution in [0.3, 0.4) is 0 Å². The highest BCUT2D eigenvalue weighted by atomic mass is 127. The summed E-state index contributed by atoms with van der Waals surface area (Å²) in [5.41, 5.74) is 6.99. The summed E-state index contributed by atoms with van der Waals surface area (Å²) in [6.45, 7) is 0. The summed E-state index contributed by atoms with van der Waals surface area (Å²) in [4.78, 5) is 5.23. The van der Waals surface area contributed by atoms with Gasteiger partial charge in [-0.3, -0.25) is 0 Å². The predicted molar refractivity (Wildman–Crippen MR) is 81.4 cm³/mol. The zero-order valence-corrected chi connectivity index (χ0v) is 12.1. The van der Waals surface area contributed by atoms with Crippen LogP contribution in [0.4, 0.5) is 4.39 Å². The van der Waals surface area contributed by atoms with Crippen molar-refractivity contribution in [2.45, 2.75) is 4.11 Å². The molecule has 5 heteroatoms. The highest BCUT2D eigenvalue weighted by Gasteiger charge is 2.13. The van der Waals surface area contributed by atoms with Crippen LogP contribution in [0.2, 0.25) is 0 Å². The first-order valence-electron chi connectivity index (χ1n) is 5.61. The molecule has 0 radical (unpaired) electrons.